The molecule has 1 saturated heterocycles. The molecule has 5 atom stereocenters. The molecule has 386 valence electrons. The Balaban J connectivity index is 1.06. The fraction of sp³-hybridized carbons (Fsp3) is 0.551. The number of benzene rings is 3. The van der Waals surface area contributed by atoms with E-state index in [9.17, 15) is 19.2 Å². The van der Waals surface area contributed by atoms with Crippen molar-refractivity contribution in [2.24, 2.45) is 5.41 Å². The summed E-state index contributed by atoms with van der Waals surface area (Å²) < 4.78 is 74.6. The molecule has 2 heterocycles. The Morgan fingerprint density at radius 3 is 1.93 bits per heavy atom. The van der Waals surface area contributed by atoms with Crippen LogP contribution in [0.25, 0.3) is 0 Å². The lowest BCUT2D eigenvalue weighted by molar-refractivity contribution is -0.122. The number of amides is 2. The highest BCUT2D eigenvalue weighted by atomic mass is 35.5. The summed E-state index contributed by atoms with van der Waals surface area (Å²) in [6, 6.07) is 11.8. The summed E-state index contributed by atoms with van der Waals surface area (Å²) in [4.78, 5) is 54.5. The van der Waals surface area contributed by atoms with Crippen LogP contribution in [0.4, 0.5) is 20.6 Å². The molecule has 0 bridgehead atoms. The third kappa shape index (κ3) is 15.7. The molecule has 5 rings (SSSR count). The highest BCUT2D eigenvalue weighted by Crippen LogP contribution is 2.57. The summed E-state index contributed by atoms with van der Waals surface area (Å²) in [6.07, 6.45) is -2.01. The second-order valence-corrected chi connectivity index (χ2v) is 18.2. The highest BCUT2D eigenvalue weighted by molar-refractivity contribution is 6.31. The van der Waals surface area contributed by atoms with Crippen LogP contribution in [0.1, 0.15) is 61.5 Å². The molecule has 1 spiro atoms. The van der Waals surface area contributed by atoms with Gasteiger partial charge in [0.2, 0.25) is 18.1 Å². The molecule has 3 aromatic carbocycles. The van der Waals surface area contributed by atoms with E-state index >= 15 is 4.39 Å². The lowest BCUT2D eigenvalue weighted by Gasteiger charge is -2.37. The molecule has 3 N–H and O–H groups in total. The van der Waals surface area contributed by atoms with Crippen molar-refractivity contribution >= 4 is 58.5 Å². The van der Waals surface area contributed by atoms with Crippen LogP contribution in [0.3, 0.4) is 0 Å². The van der Waals surface area contributed by atoms with Crippen LogP contribution in [0.2, 0.25) is 10.0 Å². The van der Waals surface area contributed by atoms with Gasteiger partial charge in [-0.3, -0.25) is 9.59 Å². The monoisotopic (exact) mass is 1020 g/mol. The van der Waals surface area contributed by atoms with Crippen molar-refractivity contribution in [2.45, 2.75) is 63.8 Å². The van der Waals surface area contributed by atoms with Gasteiger partial charge in [-0.1, -0.05) is 62.2 Å². The van der Waals surface area contributed by atoms with Crippen LogP contribution in [-0.4, -0.2) is 149 Å². The zero-order chi connectivity index (χ0) is 50.7. The maximum atomic E-state index is 16.2. The van der Waals surface area contributed by atoms with Crippen molar-refractivity contribution < 1.29 is 75.7 Å². The van der Waals surface area contributed by atoms with Crippen molar-refractivity contribution in [1.29, 1.82) is 0 Å². The SMILES string of the molecule is COCCOCCOCCOCCOCCOCCOCCOC(=O)OC(C)OC(=O)c1ccc(NC(=O)[C@@H]2N[C@@H](CC(C)(C)C)[C@@]3(C(=O)Nc4cc(Cl)ccc43)[C@H]2c2cccc(Cl)c2F)c(OC)c1. The molecule has 0 aliphatic carbocycles. The fourth-order valence-electron chi connectivity index (χ4n) is 8.22. The second kappa shape index (κ2) is 27.8. The van der Waals surface area contributed by atoms with Gasteiger partial charge in [0, 0.05) is 36.7 Å². The molecule has 1 fully saturated rings. The zero-order valence-corrected chi connectivity index (χ0v) is 41.9. The molecule has 2 aliphatic rings. The van der Waals surface area contributed by atoms with Crippen LogP contribution in [-0.2, 0) is 62.4 Å². The van der Waals surface area contributed by atoms with E-state index in [1.165, 1.54) is 44.4 Å². The van der Waals surface area contributed by atoms with E-state index in [-0.39, 0.29) is 52.8 Å². The molecular formula is C49H64Cl2FN3O15. The van der Waals surface area contributed by atoms with E-state index < -0.39 is 59.5 Å². The molecule has 18 nitrogen and oxygen atoms in total. The number of carbonyl (C=O) groups is 4. The minimum absolute atomic E-state index is 0.00323. The minimum atomic E-state index is -1.47. The summed E-state index contributed by atoms with van der Waals surface area (Å²) in [5.41, 5.74) is -0.560. The Hall–Kier alpha value is -4.67. The first-order valence-corrected chi connectivity index (χ1v) is 23.7. The Bertz CT molecular complexity index is 2200. The van der Waals surface area contributed by atoms with Crippen molar-refractivity contribution in [1.82, 2.24) is 5.32 Å². The van der Waals surface area contributed by atoms with E-state index in [2.05, 4.69) is 16.0 Å². The number of halogens is 3. The maximum absolute atomic E-state index is 16.2. The molecule has 0 radical (unpaired) electrons. The van der Waals surface area contributed by atoms with Gasteiger partial charge in [-0.25, -0.2) is 14.0 Å². The van der Waals surface area contributed by atoms with Crippen molar-refractivity contribution in [3.05, 3.63) is 87.2 Å². The predicted molar refractivity (Wildman–Crippen MR) is 256 cm³/mol. The van der Waals surface area contributed by atoms with Crippen molar-refractivity contribution in [2.75, 3.05) is 117 Å². The fourth-order valence-corrected chi connectivity index (χ4v) is 8.58. The van der Waals surface area contributed by atoms with Gasteiger partial charge >= 0.3 is 12.1 Å². The average Bonchev–Trinajstić information content (AvgIpc) is 3.79. The number of nitrogens with one attached hydrogen (secondary N) is 3. The third-order valence-electron chi connectivity index (χ3n) is 11.2. The van der Waals surface area contributed by atoms with Crippen LogP contribution in [0.5, 0.6) is 5.75 Å². The lowest BCUT2D eigenvalue weighted by Crippen LogP contribution is -2.49. The van der Waals surface area contributed by atoms with E-state index in [0.29, 0.717) is 95.4 Å². The molecule has 2 aliphatic heterocycles. The minimum Gasteiger partial charge on any atom is -0.495 e. The first-order chi connectivity index (χ1) is 33.6. The summed E-state index contributed by atoms with van der Waals surface area (Å²) in [6.45, 7) is 12.5. The summed E-state index contributed by atoms with van der Waals surface area (Å²) >= 11 is 12.7. The molecule has 0 saturated carbocycles. The van der Waals surface area contributed by atoms with E-state index in [1.807, 2.05) is 20.8 Å². The average molecular weight is 1020 g/mol. The topological polar surface area (TPSA) is 206 Å². The number of esters is 1. The van der Waals surface area contributed by atoms with Crippen LogP contribution in [0, 0.1) is 11.2 Å². The Morgan fingerprint density at radius 1 is 0.771 bits per heavy atom. The van der Waals surface area contributed by atoms with Crippen molar-refractivity contribution in [3.8, 4) is 5.75 Å². The summed E-state index contributed by atoms with van der Waals surface area (Å²) in [5, 5.41) is 9.46. The smallest absolute Gasteiger partial charge is 0.495 e. The third-order valence-corrected chi connectivity index (χ3v) is 11.7. The number of ether oxygens (including phenoxy) is 11. The van der Waals surface area contributed by atoms with Crippen molar-refractivity contribution in [3.63, 3.8) is 0 Å². The number of anilines is 2. The number of carbonyl (C=O) groups excluding carboxylic acids is 4. The second-order valence-electron chi connectivity index (χ2n) is 17.4. The van der Waals surface area contributed by atoms with Crippen LogP contribution in [0.15, 0.2) is 54.6 Å². The van der Waals surface area contributed by atoms with E-state index in [1.54, 1.807) is 31.4 Å². The largest absolute Gasteiger partial charge is 0.511 e. The Morgan fingerprint density at radius 2 is 1.36 bits per heavy atom. The molecular weight excluding hydrogens is 960 g/mol. The van der Waals surface area contributed by atoms with Gasteiger partial charge in [0.25, 0.3) is 0 Å². The maximum Gasteiger partial charge on any atom is 0.511 e. The quantitative estimate of drug-likeness (QED) is 0.0366. The van der Waals surface area contributed by atoms with E-state index in [4.69, 9.17) is 75.3 Å². The van der Waals surface area contributed by atoms with Gasteiger partial charge in [0.05, 0.1) is 115 Å². The van der Waals surface area contributed by atoms with Gasteiger partial charge in [-0.05, 0) is 59.4 Å². The number of hydrogen-bond acceptors (Lipinski definition) is 16. The number of rotatable bonds is 29. The molecule has 21 heteroatoms. The Labute approximate surface area is 417 Å². The number of fused-ring (bicyclic) bond motifs is 2. The summed E-state index contributed by atoms with van der Waals surface area (Å²) in [5.74, 6) is -3.69. The van der Waals surface area contributed by atoms with Gasteiger partial charge in [0.1, 0.15) is 23.6 Å². The normalized spacial score (nSPS) is 18.9. The first-order valence-electron chi connectivity index (χ1n) is 22.9. The van der Waals surface area contributed by atoms with Gasteiger partial charge in [-0.2, -0.15) is 0 Å². The zero-order valence-electron chi connectivity index (χ0n) is 40.4. The van der Waals surface area contributed by atoms with Crippen LogP contribution < -0.4 is 20.7 Å². The number of hydrogen-bond donors (Lipinski definition) is 3. The molecule has 2 amide bonds. The molecule has 70 heavy (non-hydrogen) atoms. The van der Waals surface area contributed by atoms with Gasteiger partial charge in [0.15, 0.2) is 0 Å². The van der Waals surface area contributed by atoms with Gasteiger partial charge in [-0.15, -0.1) is 0 Å². The van der Waals surface area contributed by atoms with Crippen LogP contribution >= 0.6 is 23.2 Å². The first kappa shape index (κ1) is 56.2. The van der Waals surface area contributed by atoms with Gasteiger partial charge < -0.3 is 68.1 Å². The highest BCUT2D eigenvalue weighted by Gasteiger charge is 2.66. The standard InChI is InChI=1S/C49H64Cl2FN3O15/c1-31(70-47(59)68-27-26-67-25-24-66-23-22-65-21-20-64-19-18-63-17-16-62-15-14-60-5)69-45(57)32-10-13-37(39(28-32)61-6)53-44(56)43-41(34-8-7-9-36(51)42(34)52)49(40(55-43)30-48(2,3)4)35-12-11-33(50)29-38(35)54-46(49)58/h7-13,28-29,31,40-41,43,55H,14-27,30H2,1-6H3,(H,53,56)(H,54,58)/t31?,40-,41-,43+,49+/m0/s1. The lowest BCUT2D eigenvalue weighted by atomic mass is 9.62. The molecule has 1 unspecified atom stereocenters. The molecule has 0 aromatic heterocycles. The number of methoxy groups -OCH3 is 2. The molecule has 3 aromatic rings. The van der Waals surface area contributed by atoms with E-state index in [0.717, 1.165) is 0 Å². The predicted octanol–water partition coefficient (Wildman–Crippen LogP) is 6.93. The summed E-state index contributed by atoms with van der Waals surface area (Å²) in [7, 11) is 2.96. The Kier molecular flexibility index (Phi) is 22.3.